The van der Waals surface area contributed by atoms with Crippen molar-refractivity contribution in [3.63, 3.8) is 0 Å². The van der Waals surface area contributed by atoms with Gasteiger partial charge in [0.2, 0.25) is 5.91 Å². The van der Waals surface area contributed by atoms with Gasteiger partial charge in [-0.15, -0.1) is 5.10 Å². The molecule has 0 aliphatic carbocycles. The minimum Gasteiger partial charge on any atom is -0.352 e. The van der Waals surface area contributed by atoms with Crippen LogP contribution in [0.1, 0.15) is 48.9 Å². The summed E-state index contributed by atoms with van der Waals surface area (Å²) in [5.74, 6) is 0.516. The van der Waals surface area contributed by atoms with Crippen LogP contribution >= 0.6 is 11.5 Å². The van der Waals surface area contributed by atoms with Crippen LogP contribution in [0.3, 0.4) is 0 Å². The van der Waals surface area contributed by atoms with Gasteiger partial charge in [0.15, 0.2) is 0 Å². The minimum absolute atomic E-state index is 0.153. The van der Waals surface area contributed by atoms with Crippen LogP contribution in [0.2, 0.25) is 0 Å². The monoisotopic (exact) mass is 345 g/mol. The second kappa shape index (κ2) is 7.81. The lowest BCUT2D eigenvalue weighted by atomic mass is 10.1. The Morgan fingerprint density at radius 1 is 1.38 bits per heavy atom. The maximum Gasteiger partial charge on any atom is 0.220 e. The predicted molar refractivity (Wildman–Crippen MR) is 93.5 cm³/mol. The van der Waals surface area contributed by atoms with Gasteiger partial charge in [-0.25, -0.2) is 0 Å². The SMILES string of the molecule is CC(C)c1nnsc1CN(Cc1ccccn1)C[C@@H]1CCC(=O)N1. The fourth-order valence-electron chi connectivity index (χ4n) is 3.00. The summed E-state index contributed by atoms with van der Waals surface area (Å²) in [5, 5.41) is 7.33. The van der Waals surface area contributed by atoms with Crippen LogP contribution in [0, 0.1) is 0 Å². The van der Waals surface area contributed by atoms with Crippen molar-refractivity contribution < 1.29 is 4.79 Å². The number of amides is 1. The molecule has 2 aromatic heterocycles. The first-order valence-electron chi connectivity index (χ1n) is 8.34. The Labute approximate surface area is 146 Å². The maximum atomic E-state index is 11.5. The second-order valence-corrected chi connectivity index (χ2v) is 7.37. The van der Waals surface area contributed by atoms with Crippen molar-refractivity contribution in [3.8, 4) is 0 Å². The molecule has 2 aromatic rings. The molecule has 7 heteroatoms. The Kier molecular flexibility index (Phi) is 5.52. The minimum atomic E-state index is 0.153. The highest BCUT2D eigenvalue weighted by molar-refractivity contribution is 7.05. The summed E-state index contributed by atoms with van der Waals surface area (Å²) in [6, 6.07) is 6.18. The summed E-state index contributed by atoms with van der Waals surface area (Å²) in [5.41, 5.74) is 2.10. The van der Waals surface area contributed by atoms with Crippen LogP contribution in [0.4, 0.5) is 0 Å². The summed E-state index contributed by atoms with van der Waals surface area (Å²) in [4.78, 5) is 19.5. The van der Waals surface area contributed by atoms with Gasteiger partial charge in [0.1, 0.15) is 0 Å². The van der Waals surface area contributed by atoms with E-state index >= 15 is 0 Å². The number of pyridine rings is 1. The molecule has 0 aromatic carbocycles. The van der Waals surface area contributed by atoms with Crippen molar-refractivity contribution in [2.45, 2.75) is 51.7 Å². The molecule has 0 saturated carbocycles. The third-order valence-electron chi connectivity index (χ3n) is 4.17. The summed E-state index contributed by atoms with van der Waals surface area (Å²) in [7, 11) is 0. The standard InChI is InChI=1S/C17H23N5OS/c1-12(2)17-15(24-21-20-17)11-22(9-13-5-3-4-8-18-13)10-14-6-7-16(23)19-14/h3-5,8,12,14H,6-7,9-11H2,1-2H3,(H,19,23)/t14-/m0/s1. The molecule has 0 spiro atoms. The number of carbonyl (C=O) groups is 1. The van der Waals surface area contributed by atoms with Crippen LogP contribution in [0.5, 0.6) is 0 Å². The highest BCUT2D eigenvalue weighted by atomic mass is 32.1. The van der Waals surface area contributed by atoms with E-state index in [1.54, 1.807) is 0 Å². The Morgan fingerprint density at radius 2 is 2.25 bits per heavy atom. The van der Waals surface area contributed by atoms with Crippen LogP contribution in [-0.2, 0) is 17.9 Å². The van der Waals surface area contributed by atoms with Gasteiger partial charge in [-0.3, -0.25) is 14.7 Å². The number of nitrogens with zero attached hydrogens (tertiary/aromatic N) is 4. The van der Waals surface area contributed by atoms with Gasteiger partial charge in [0, 0.05) is 38.3 Å². The summed E-state index contributed by atoms with van der Waals surface area (Å²) in [6.07, 6.45) is 3.34. The topological polar surface area (TPSA) is 71.0 Å². The van der Waals surface area contributed by atoms with E-state index in [9.17, 15) is 4.79 Å². The van der Waals surface area contributed by atoms with E-state index in [-0.39, 0.29) is 11.9 Å². The van der Waals surface area contributed by atoms with Gasteiger partial charge < -0.3 is 5.32 Å². The van der Waals surface area contributed by atoms with Gasteiger partial charge in [0.05, 0.1) is 16.3 Å². The zero-order valence-corrected chi connectivity index (χ0v) is 14.9. The predicted octanol–water partition coefficient (Wildman–Crippen LogP) is 2.34. The van der Waals surface area contributed by atoms with Gasteiger partial charge in [-0.1, -0.05) is 24.4 Å². The van der Waals surface area contributed by atoms with E-state index in [4.69, 9.17) is 0 Å². The lowest BCUT2D eigenvalue weighted by Gasteiger charge is -2.25. The van der Waals surface area contributed by atoms with Crippen LogP contribution < -0.4 is 5.32 Å². The summed E-state index contributed by atoms with van der Waals surface area (Å²) < 4.78 is 4.13. The highest BCUT2D eigenvalue weighted by Gasteiger charge is 2.24. The molecule has 3 heterocycles. The van der Waals surface area contributed by atoms with Crippen molar-refractivity contribution >= 4 is 17.4 Å². The first-order chi connectivity index (χ1) is 11.6. The first kappa shape index (κ1) is 17.0. The molecule has 1 aliphatic heterocycles. The molecule has 1 N–H and O–H groups in total. The smallest absolute Gasteiger partial charge is 0.220 e. The van der Waals surface area contributed by atoms with Gasteiger partial charge in [-0.2, -0.15) is 0 Å². The number of carbonyl (C=O) groups excluding carboxylic acids is 1. The Balaban J connectivity index is 1.73. The first-order valence-corrected chi connectivity index (χ1v) is 9.12. The van der Waals surface area contributed by atoms with Crippen molar-refractivity contribution in [1.82, 2.24) is 24.8 Å². The molecule has 128 valence electrons. The average molecular weight is 345 g/mol. The van der Waals surface area contributed by atoms with Crippen LogP contribution in [0.25, 0.3) is 0 Å². The van der Waals surface area contributed by atoms with E-state index < -0.39 is 0 Å². The van der Waals surface area contributed by atoms with Crippen molar-refractivity contribution in [1.29, 1.82) is 0 Å². The molecule has 1 fully saturated rings. The molecule has 1 atom stereocenters. The highest BCUT2D eigenvalue weighted by Crippen LogP contribution is 2.22. The fraction of sp³-hybridized carbons (Fsp3) is 0.529. The van der Waals surface area contributed by atoms with Gasteiger partial charge in [0.25, 0.3) is 0 Å². The lowest BCUT2D eigenvalue weighted by molar-refractivity contribution is -0.119. The van der Waals surface area contributed by atoms with Crippen LogP contribution in [-0.4, -0.2) is 38.0 Å². The fourth-order valence-corrected chi connectivity index (χ4v) is 3.84. The van der Waals surface area contributed by atoms with E-state index in [2.05, 4.69) is 38.6 Å². The van der Waals surface area contributed by atoms with Crippen molar-refractivity contribution in [3.05, 3.63) is 40.7 Å². The third-order valence-corrected chi connectivity index (χ3v) is 4.90. The molecule has 0 unspecified atom stereocenters. The zero-order valence-electron chi connectivity index (χ0n) is 14.1. The molecular weight excluding hydrogens is 322 g/mol. The number of aromatic nitrogens is 3. The van der Waals surface area contributed by atoms with E-state index in [0.717, 1.165) is 37.4 Å². The van der Waals surface area contributed by atoms with Crippen molar-refractivity contribution in [2.24, 2.45) is 0 Å². The Hall–Kier alpha value is -1.86. The number of rotatable bonds is 7. The summed E-state index contributed by atoms with van der Waals surface area (Å²) >= 11 is 1.46. The summed E-state index contributed by atoms with van der Waals surface area (Å²) in [6.45, 7) is 6.63. The quantitative estimate of drug-likeness (QED) is 0.834. The normalized spacial score (nSPS) is 17.7. The molecular formula is C17H23N5OS. The maximum absolute atomic E-state index is 11.5. The van der Waals surface area contributed by atoms with Gasteiger partial charge >= 0.3 is 0 Å². The van der Waals surface area contributed by atoms with E-state index in [1.807, 2.05) is 24.4 Å². The van der Waals surface area contributed by atoms with Gasteiger partial charge in [-0.05, 0) is 36.0 Å². The number of nitrogens with one attached hydrogen (secondary N) is 1. The second-order valence-electron chi connectivity index (χ2n) is 6.53. The largest absolute Gasteiger partial charge is 0.352 e. The molecule has 1 amide bonds. The number of hydrogen-bond acceptors (Lipinski definition) is 6. The zero-order chi connectivity index (χ0) is 16.9. The van der Waals surface area contributed by atoms with Crippen LogP contribution in [0.15, 0.2) is 24.4 Å². The molecule has 0 radical (unpaired) electrons. The molecule has 1 aliphatic rings. The average Bonchev–Trinajstić information content (AvgIpc) is 3.17. The molecule has 6 nitrogen and oxygen atoms in total. The Morgan fingerprint density at radius 3 is 2.92 bits per heavy atom. The van der Waals surface area contributed by atoms with E-state index in [0.29, 0.717) is 12.3 Å². The molecule has 24 heavy (non-hydrogen) atoms. The van der Waals surface area contributed by atoms with E-state index in [1.165, 1.54) is 16.4 Å². The molecule has 1 saturated heterocycles. The van der Waals surface area contributed by atoms with Crippen molar-refractivity contribution in [2.75, 3.05) is 6.54 Å². The lowest BCUT2D eigenvalue weighted by Crippen LogP contribution is -2.38. The molecule has 0 bridgehead atoms. The third kappa shape index (κ3) is 4.36. The molecule has 3 rings (SSSR count). The Bertz CT molecular complexity index is 673. The number of hydrogen-bond donors (Lipinski definition) is 1.